The number of pyridine rings is 1. The van der Waals surface area contributed by atoms with Crippen molar-refractivity contribution in [2.75, 3.05) is 50.8 Å². The second kappa shape index (κ2) is 11.4. The zero-order valence-electron chi connectivity index (χ0n) is 24.0. The molecule has 2 aromatic rings. The summed E-state index contributed by atoms with van der Waals surface area (Å²) in [6.07, 6.45) is 0.351. The molecule has 5 atom stereocenters. The highest BCUT2D eigenvalue weighted by molar-refractivity contribution is 5.97. The van der Waals surface area contributed by atoms with Crippen LogP contribution >= 0.6 is 0 Å². The van der Waals surface area contributed by atoms with E-state index in [1.54, 1.807) is 17.2 Å². The average Bonchev–Trinajstić information content (AvgIpc) is 3.18. The number of carbonyl (C=O) groups excluding carboxylic acids is 1. The summed E-state index contributed by atoms with van der Waals surface area (Å²) in [7, 11) is 0. The molecule has 8 nitrogen and oxygen atoms in total. The van der Waals surface area contributed by atoms with Crippen molar-refractivity contribution in [3.8, 4) is 0 Å². The third-order valence-electron chi connectivity index (χ3n) is 8.59. The van der Waals surface area contributed by atoms with E-state index in [-0.39, 0.29) is 35.5 Å². The fourth-order valence-corrected chi connectivity index (χ4v) is 6.30. The Balaban J connectivity index is 1.37. The van der Waals surface area contributed by atoms with Crippen molar-refractivity contribution in [2.45, 2.75) is 70.3 Å². The maximum Gasteiger partial charge on any atom is 0.241 e. The largest absolute Gasteiger partial charge is 0.384 e. The zero-order chi connectivity index (χ0) is 28.8. The lowest BCUT2D eigenvalue weighted by Crippen LogP contribution is -2.63. The summed E-state index contributed by atoms with van der Waals surface area (Å²) >= 11 is 0. The summed E-state index contributed by atoms with van der Waals surface area (Å²) in [5.41, 5.74) is 1.71. The maximum atomic E-state index is 13.9. The number of nitrogens with zero attached hydrogens (tertiary/aromatic N) is 4. The Morgan fingerprint density at radius 2 is 1.88 bits per heavy atom. The number of aliphatic hydroxyl groups excluding tert-OH is 1. The summed E-state index contributed by atoms with van der Waals surface area (Å²) in [6.45, 7) is 15.2. The first-order valence-electron chi connectivity index (χ1n) is 14.2. The van der Waals surface area contributed by atoms with E-state index in [1.165, 1.54) is 6.07 Å². The Morgan fingerprint density at radius 1 is 1.15 bits per heavy atom. The number of ether oxygens (including phenoxy) is 1. The number of rotatable bonds is 6. The number of piperazine rings is 1. The number of aromatic nitrogens is 1. The number of nitrogens with one attached hydrogen (secondary N) is 1. The van der Waals surface area contributed by atoms with Gasteiger partial charge in [-0.25, -0.2) is 8.78 Å². The molecule has 2 fully saturated rings. The highest BCUT2D eigenvalue weighted by Crippen LogP contribution is 2.41. The van der Waals surface area contributed by atoms with Crippen molar-refractivity contribution in [1.82, 2.24) is 20.1 Å². The molecule has 3 aliphatic heterocycles. The lowest BCUT2D eigenvalue weighted by atomic mass is 9.90. The highest BCUT2D eigenvalue weighted by Gasteiger charge is 2.41. The maximum absolute atomic E-state index is 13.9. The highest BCUT2D eigenvalue weighted by atomic mass is 19.2. The van der Waals surface area contributed by atoms with Gasteiger partial charge in [0.05, 0.1) is 31.1 Å². The molecule has 0 radical (unpaired) electrons. The van der Waals surface area contributed by atoms with Gasteiger partial charge in [0.15, 0.2) is 11.6 Å². The number of fused-ring (bicyclic) bond motifs is 1. The molecule has 0 spiro atoms. The minimum Gasteiger partial charge on any atom is -0.384 e. The number of halogens is 2. The van der Waals surface area contributed by atoms with Crippen molar-refractivity contribution in [3.05, 3.63) is 58.9 Å². The monoisotopic (exact) mass is 557 g/mol. The molecule has 1 amide bonds. The van der Waals surface area contributed by atoms with Crippen LogP contribution in [0.3, 0.4) is 0 Å². The van der Waals surface area contributed by atoms with Gasteiger partial charge in [0.25, 0.3) is 0 Å². The molecule has 2 saturated heterocycles. The minimum atomic E-state index is -1.20. The van der Waals surface area contributed by atoms with Crippen LogP contribution in [0.5, 0.6) is 0 Å². The molecule has 5 rings (SSSR count). The number of carbonyl (C=O) groups is 1. The van der Waals surface area contributed by atoms with Gasteiger partial charge >= 0.3 is 0 Å². The molecule has 0 bridgehead atoms. The summed E-state index contributed by atoms with van der Waals surface area (Å²) < 4.78 is 33.0. The van der Waals surface area contributed by atoms with E-state index in [4.69, 9.17) is 4.74 Å². The third-order valence-corrected chi connectivity index (χ3v) is 8.59. The summed E-state index contributed by atoms with van der Waals surface area (Å²) in [5.74, 6) is -2.01. The van der Waals surface area contributed by atoms with E-state index in [0.717, 1.165) is 37.5 Å². The minimum absolute atomic E-state index is 0.0183. The normalized spacial score (nSPS) is 27.9. The Kier molecular flexibility index (Phi) is 8.27. The number of benzene rings is 1. The Bertz CT molecular complexity index is 1230. The van der Waals surface area contributed by atoms with Gasteiger partial charge in [-0.1, -0.05) is 19.9 Å². The molecular weight excluding hydrogens is 516 g/mol. The molecule has 2 N–H and O–H groups in total. The topological polar surface area (TPSA) is 81.2 Å². The quantitative estimate of drug-likeness (QED) is 0.566. The van der Waals surface area contributed by atoms with Crippen molar-refractivity contribution in [2.24, 2.45) is 0 Å². The second-order valence-corrected chi connectivity index (χ2v) is 12.4. The van der Waals surface area contributed by atoms with Crippen LogP contribution in [0, 0.1) is 11.6 Å². The van der Waals surface area contributed by atoms with Crippen molar-refractivity contribution < 1.29 is 23.4 Å². The third kappa shape index (κ3) is 5.78. The SMILES string of the molecule is CC1CN(CC(=O)N2CC(C)(C)c3ncc(C(O)c4ccc(F)c(F)c4)cc32)C(CN2C(C)COCC2C)CN1. The molecule has 1 aromatic carbocycles. The van der Waals surface area contributed by atoms with E-state index in [0.29, 0.717) is 43.1 Å². The van der Waals surface area contributed by atoms with Crippen LogP contribution in [0.1, 0.15) is 57.5 Å². The molecule has 40 heavy (non-hydrogen) atoms. The van der Waals surface area contributed by atoms with Crippen molar-refractivity contribution in [1.29, 1.82) is 0 Å². The number of morpholine rings is 1. The first-order valence-corrected chi connectivity index (χ1v) is 14.2. The molecule has 0 aliphatic carbocycles. The molecule has 3 aliphatic rings. The number of hydrogen-bond donors (Lipinski definition) is 2. The number of anilines is 1. The van der Waals surface area contributed by atoms with Gasteiger partial charge in [0, 0.05) is 67.5 Å². The molecule has 5 unspecified atom stereocenters. The lowest BCUT2D eigenvalue weighted by molar-refractivity contribution is -0.121. The van der Waals surface area contributed by atoms with Crippen LogP contribution in [0.15, 0.2) is 30.5 Å². The predicted octanol–water partition coefficient (Wildman–Crippen LogP) is 2.84. The summed E-state index contributed by atoms with van der Waals surface area (Å²) in [5, 5.41) is 14.5. The van der Waals surface area contributed by atoms with Crippen LogP contribution in [0.4, 0.5) is 14.5 Å². The van der Waals surface area contributed by atoms with E-state index in [9.17, 15) is 18.7 Å². The molecule has 1 aromatic heterocycles. The first kappa shape index (κ1) is 29.0. The van der Waals surface area contributed by atoms with Crippen molar-refractivity contribution in [3.63, 3.8) is 0 Å². The lowest BCUT2D eigenvalue weighted by Gasteiger charge is -2.46. The Morgan fingerprint density at radius 3 is 2.58 bits per heavy atom. The smallest absolute Gasteiger partial charge is 0.241 e. The van der Waals surface area contributed by atoms with Crippen LogP contribution < -0.4 is 10.2 Å². The van der Waals surface area contributed by atoms with E-state index < -0.39 is 17.7 Å². The molecular formula is C30H41F2N5O3. The molecule has 0 saturated carbocycles. The van der Waals surface area contributed by atoms with Crippen LogP contribution in [0.2, 0.25) is 0 Å². The molecule has 10 heteroatoms. The van der Waals surface area contributed by atoms with Crippen LogP contribution in [0.25, 0.3) is 0 Å². The van der Waals surface area contributed by atoms with Gasteiger partial charge in [0.1, 0.15) is 6.10 Å². The van der Waals surface area contributed by atoms with E-state index in [2.05, 4.69) is 54.7 Å². The average molecular weight is 558 g/mol. The molecule has 4 heterocycles. The van der Waals surface area contributed by atoms with Gasteiger partial charge in [-0.3, -0.25) is 19.6 Å². The van der Waals surface area contributed by atoms with E-state index >= 15 is 0 Å². The van der Waals surface area contributed by atoms with Gasteiger partial charge in [-0.2, -0.15) is 0 Å². The Labute approximate surface area is 235 Å². The van der Waals surface area contributed by atoms with Gasteiger partial charge in [-0.15, -0.1) is 0 Å². The second-order valence-electron chi connectivity index (χ2n) is 12.4. The van der Waals surface area contributed by atoms with Gasteiger partial charge in [0.2, 0.25) is 5.91 Å². The van der Waals surface area contributed by atoms with Crippen LogP contribution in [-0.2, 0) is 14.9 Å². The zero-order valence-corrected chi connectivity index (χ0v) is 24.0. The van der Waals surface area contributed by atoms with Crippen LogP contribution in [-0.4, -0.2) is 95.9 Å². The first-order chi connectivity index (χ1) is 18.9. The predicted molar refractivity (Wildman–Crippen MR) is 149 cm³/mol. The van der Waals surface area contributed by atoms with E-state index in [1.807, 2.05) is 0 Å². The number of hydrogen-bond acceptors (Lipinski definition) is 7. The number of aliphatic hydroxyl groups is 1. The summed E-state index contributed by atoms with van der Waals surface area (Å²) in [6, 6.07) is 6.18. The van der Waals surface area contributed by atoms with Crippen molar-refractivity contribution >= 4 is 11.6 Å². The fraction of sp³-hybridized carbons (Fsp3) is 0.600. The van der Waals surface area contributed by atoms with Gasteiger partial charge in [-0.05, 0) is 44.5 Å². The standard InChI is InChI=1S/C30H41F2N5O3/c1-18-12-35(23(11-33-18)13-36-19(2)15-40-16-20(36)3)14-27(38)37-17-30(4,5)29-26(37)9-22(10-34-29)28(39)21-6-7-24(31)25(32)8-21/h6-10,18-20,23,28,33,39H,11-17H2,1-5H3. The van der Waals surface area contributed by atoms with Gasteiger partial charge < -0.3 is 20.1 Å². The molecule has 218 valence electrons. The summed E-state index contributed by atoms with van der Waals surface area (Å²) in [4.78, 5) is 25.1. The number of amides is 1. The fourth-order valence-electron chi connectivity index (χ4n) is 6.30. The Hall–Kier alpha value is -2.50.